The fourth-order valence-electron chi connectivity index (χ4n) is 1.13. The lowest BCUT2D eigenvalue weighted by atomic mass is 10.0. The average Bonchev–Trinajstić information content (AvgIpc) is 2.21. The molecule has 0 aromatic heterocycles. The smallest absolute Gasteiger partial charge is 0.200 e. The summed E-state index contributed by atoms with van der Waals surface area (Å²) in [5, 5.41) is 10.3. The minimum atomic E-state index is -0.263. The largest absolute Gasteiger partial charge is 0.291 e. The molecule has 0 saturated heterocycles. The molecule has 3 nitrogen and oxygen atoms in total. The Morgan fingerprint density at radius 3 is 2.47 bits per heavy atom. The fourth-order valence-corrected chi connectivity index (χ4v) is 1.57. The Hall–Kier alpha value is -0.820. The van der Waals surface area contributed by atoms with Gasteiger partial charge in [0.1, 0.15) is 5.40 Å². The van der Waals surface area contributed by atoms with Crippen LogP contribution < -0.4 is 0 Å². The van der Waals surface area contributed by atoms with Gasteiger partial charge in [0.25, 0.3) is 0 Å². The van der Waals surface area contributed by atoms with Crippen LogP contribution in [0.1, 0.15) is 39.5 Å². The minimum Gasteiger partial charge on any atom is -0.291 e. The molecule has 0 unspecified atom stereocenters. The monoisotopic (exact) mass is 227 g/mol. The zero-order valence-electron chi connectivity index (χ0n) is 9.28. The number of ketones is 2. The summed E-state index contributed by atoms with van der Waals surface area (Å²) in [4.78, 5) is 22.5. The van der Waals surface area contributed by atoms with Crippen LogP contribution in [0.5, 0.6) is 0 Å². The van der Waals surface area contributed by atoms with Gasteiger partial charge in [0.05, 0.1) is 0 Å². The molecule has 0 rings (SSSR count). The lowest BCUT2D eigenvalue weighted by Crippen LogP contribution is -2.19. The van der Waals surface area contributed by atoms with Crippen molar-refractivity contribution in [2.75, 3.05) is 5.75 Å². The quantitative estimate of drug-likeness (QED) is 0.363. The first-order valence-electron chi connectivity index (χ1n) is 5.17. The molecular formula is C11H17NO2S. The molecule has 0 aliphatic rings. The second-order valence-corrected chi connectivity index (χ2v) is 4.57. The van der Waals surface area contributed by atoms with E-state index in [1.165, 1.54) is 11.8 Å². The molecule has 0 aromatic rings. The van der Waals surface area contributed by atoms with Crippen molar-refractivity contribution in [2.45, 2.75) is 39.5 Å². The molecule has 0 aromatic carbocycles. The van der Waals surface area contributed by atoms with Crippen LogP contribution in [0, 0.1) is 16.6 Å². The molecule has 0 saturated carbocycles. The van der Waals surface area contributed by atoms with Gasteiger partial charge < -0.3 is 0 Å². The molecule has 0 aliphatic heterocycles. The highest BCUT2D eigenvalue weighted by Crippen LogP contribution is 2.08. The van der Waals surface area contributed by atoms with Gasteiger partial charge in [-0.3, -0.25) is 9.59 Å². The number of unbranched alkanes of at least 4 members (excludes halogenated alkanes) is 2. The van der Waals surface area contributed by atoms with E-state index < -0.39 is 0 Å². The molecule has 0 atom stereocenters. The van der Waals surface area contributed by atoms with Crippen LogP contribution in [0.2, 0.25) is 0 Å². The lowest BCUT2D eigenvalue weighted by Gasteiger charge is -2.02. The van der Waals surface area contributed by atoms with Crippen molar-refractivity contribution >= 4 is 23.3 Å². The Kier molecular flexibility index (Phi) is 8.02. The number of thiocyanates is 1. The molecule has 15 heavy (non-hydrogen) atoms. The molecule has 0 heterocycles. The summed E-state index contributed by atoms with van der Waals surface area (Å²) in [6, 6.07) is 0. The van der Waals surface area contributed by atoms with Gasteiger partial charge in [-0.15, -0.1) is 0 Å². The van der Waals surface area contributed by atoms with Crippen LogP contribution in [0.3, 0.4) is 0 Å². The molecule has 0 N–H and O–H groups in total. The van der Waals surface area contributed by atoms with Crippen LogP contribution >= 0.6 is 11.8 Å². The van der Waals surface area contributed by atoms with E-state index in [4.69, 9.17) is 5.26 Å². The Morgan fingerprint density at radius 2 is 1.93 bits per heavy atom. The SMILES string of the molecule is CC(C)C(=O)C(=O)CCCCCSC#N. The van der Waals surface area contributed by atoms with Crippen molar-refractivity contribution in [1.82, 2.24) is 0 Å². The van der Waals surface area contributed by atoms with Gasteiger partial charge >= 0.3 is 0 Å². The predicted octanol–water partition coefficient (Wildman–Crippen LogP) is 2.56. The van der Waals surface area contributed by atoms with Crippen LogP contribution in [0.15, 0.2) is 0 Å². The number of rotatable bonds is 8. The molecule has 0 spiro atoms. The molecule has 0 fully saturated rings. The number of nitriles is 1. The summed E-state index contributed by atoms with van der Waals surface area (Å²) in [6.07, 6.45) is 2.95. The van der Waals surface area contributed by atoms with Gasteiger partial charge in [-0.05, 0) is 24.6 Å². The lowest BCUT2D eigenvalue weighted by molar-refractivity contribution is -0.138. The minimum absolute atomic E-state index is 0.188. The van der Waals surface area contributed by atoms with Crippen molar-refractivity contribution in [2.24, 2.45) is 5.92 Å². The second kappa shape index (κ2) is 8.49. The number of hydrogen-bond donors (Lipinski definition) is 0. The number of carbonyl (C=O) groups excluding carboxylic acids is 2. The predicted molar refractivity (Wildman–Crippen MR) is 61.4 cm³/mol. The molecule has 0 radical (unpaired) electrons. The van der Waals surface area contributed by atoms with E-state index in [0.29, 0.717) is 6.42 Å². The summed E-state index contributed by atoms with van der Waals surface area (Å²) in [5.74, 6) is 0.106. The van der Waals surface area contributed by atoms with Gasteiger partial charge in [0.2, 0.25) is 5.78 Å². The molecule has 0 bridgehead atoms. The highest BCUT2D eigenvalue weighted by molar-refractivity contribution is 8.03. The van der Waals surface area contributed by atoms with Gasteiger partial charge in [-0.1, -0.05) is 20.3 Å². The Bertz CT molecular complexity index is 256. The zero-order chi connectivity index (χ0) is 11.7. The van der Waals surface area contributed by atoms with Crippen molar-refractivity contribution in [1.29, 1.82) is 5.26 Å². The van der Waals surface area contributed by atoms with E-state index in [-0.39, 0.29) is 17.5 Å². The topological polar surface area (TPSA) is 57.9 Å². The summed E-state index contributed by atoms with van der Waals surface area (Å²) in [6.45, 7) is 3.48. The van der Waals surface area contributed by atoms with Gasteiger partial charge in [0, 0.05) is 18.1 Å². The Morgan fingerprint density at radius 1 is 1.27 bits per heavy atom. The standard InChI is InChI=1S/C11H17NO2S/c1-9(2)11(14)10(13)6-4-3-5-7-15-8-12/h9H,3-7H2,1-2H3. The first-order valence-corrected chi connectivity index (χ1v) is 6.16. The molecule has 0 aliphatic carbocycles. The molecule has 4 heteroatoms. The highest BCUT2D eigenvalue weighted by Gasteiger charge is 2.16. The van der Waals surface area contributed by atoms with Gasteiger partial charge in [-0.25, -0.2) is 0 Å². The first-order chi connectivity index (χ1) is 7.09. The summed E-state index contributed by atoms with van der Waals surface area (Å²) in [5.41, 5.74) is 0. The Balaban J connectivity index is 3.48. The highest BCUT2D eigenvalue weighted by atomic mass is 32.2. The van der Waals surface area contributed by atoms with Gasteiger partial charge in [0.15, 0.2) is 5.78 Å². The second-order valence-electron chi connectivity index (χ2n) is 3.69. The molecular weight excluding hydrogens is 210 g/mol. The number of nitrogens with zero attached hydrogens (tertiary/aromatic N) is 1. The number of Topliss-reactive ketones (excluding diaryl/α,β-unsaturated/α-hetero) is 2. The number of thioether (sulfide) groups is 1. The third kappa shape index (κ3) is 7.15. The normalized spacial score (nSPS) is 10.0. The van der Waals surface area contributed by atoms with E-state index in [9.17, 15) is 9.59 Å². The van der Waals surface area contributed by atoms with Crippen molar-refractivity contribution in [3.8, 4) is 5.40 Å². The van der Waals surface area contributed by atoms with Gasteiger partial charge in [-0.2, -0.15) is 5.26 Å². The van der Waals surface area contributed by atoms with E-state index in [1.54, 1.807) is 13.8 Å². The average molecular weight is 227 g/mol. The summed E-state index contributed by atoms with van der Waals surface area (Å²) >= 11 is 1.23. The first kappa shape index (κ1) is 14.2. The van der Waals surface area contributed by atoms with E-state index in [2.05, 4.69) is 0 Å². The molecule has 0 amide bonds. The van der Waals surface area contributed by atoms with Crippen molar-refractivity contribution in [3.05, 3.63) is 0 Å². The van der Waals surface area contributed by atoms with E-state index in [1.807, 2.05) is 5.40 Å². The van der Waals surface area contributed by atoms with Crippen LogP contribution in [0.25, 0.3) is 0 Å². The maximum atomic E-state index is 11.3. The summed E-state index contributed by atoms with van der Waals surface area (Å²) in [7, 11) is 0. The maximum Gasteiger partial charge on any atom is 0.200 e. The zero-order valence-corrected chi connectivity index (χ0v) is 10.1. The Labute approximate surface area is 95.2 Å². The third-order valence-electron chi connectivity index (χ3n) is 2.01. The molecule has 84 valence electrons. The fraction of sp³-hybridized carbons (Fsp3) is 0.727. The number of hydrogen-bond acceptors (Lipinski definition) is 4. The van der Waals surface area contributed by atoms with Crippen LogP contribution in [-0.2, 0) is 9.59 Å². The number of carbonyl (C=O) groups is 2. The van der Waals surface area contributed by atoms with E-state index >= 15 is 0 Å². The third-order valence-corrected chi connectivity index (χ3v) is 2.64. The summed E-state index contributed by atoms with van der Waals surface area (Å²) < 4.78 is 0. The van der Waals surface area contributed by atoms with E-state index in [0.717, 1.165) is 25.0 Å². The maximum absolute atomic E-state index is 11.3. The van der Waals surface area contributed by atoms with Crippen molar-refractivity contribution < 1.29 is 9.59 Å². The van der Waals surface area contributed by atoms with Crippen molar-refractivity contribution in [3.63, 3.8) is 0 Å². The van der Waals surface area contributed by atoms with Crippen LogP contribution in [-0.4, -0.2) is 17.3 Å². The van der Waals surface area contributed by atoms with Crippen LogP contribution in [0.4, 0.5) is 0 Å².